The molecule has 2 aromatic rings. The van der Waals surface area contributed by atoms with Crippen molar-refractivity contribution >= 4 is 23.0 Å². The number of anilines is 1. The van der Waals surface area contributed by atoms with Crippen molar-refractivity contribution in [2.75, 3.05) is 5.32 Å². The van der Waals surface area contributed by atoms with Gasteiger partial charge in [-0.25, -0.2) is 9.97 Å². The SMILES string of the molecule is CC(C)C(=O)Nc1nc2ccc(C(F)(F)F)nc2n1C1CCC1. The van der Waals surface area contributed by atoms with Crippen LogP contribution in [-0.2, 0) is 11.0 Å². The van der Waals surface area contributed by atoms with Gasteiger partial charge in [-0.3, -0.25) is 14.7 Å². The Hall–Kier alpha value is -2.12. The Kier molecular flexibility index (Phi) is 3.77. The molecule has 1 aliphatic carbocycles. The first-order chi connectivity index (χ1) is 10.8. The smallest absolute Gasteiger partial charge is 0.296 e. The van der Waals surface area contributed by atoms with E-state index in [1.54, 1.807) is 18.4 Å². The van der Waals surface area contributed by atoms with Crippen LogP contribution in [-0.4, -0.2) is 20.4 Å². The van der Waals surface area contributed by atoms with Crippen molar-refractivity contribution in [1.82, 2.24) is 14.5 Å². The van der Waals surface area contributed by atoms with E-state index in [1.165, 1.54) is 6.07 Å². The van der Waals surface area contributed by atoms with Gasteiger partial charge in [0.15, 0.2) is 5.65 Å². The van der Waals surface area contributed by atoms with Gasteiger partial charge in [0.05, 0.1) is 0 Å². The maximum Gasteiger partial charge on any atom is 0.433 e. The number of amides is 1. The number of halogens is 3. The Bertz CT molecular complexity index is 747. The van der Waals surface area contributed by atoms with Crippen LogP contribution in [0.1, 0.15) is 44.8 Å². The van der Waals surface area contributed by atoms with E-state index in [0.29, 0.717) is 5.52 Å². The van der Waals surface area contributed by atoms with E-state index in [-0.39, 0.29) is 29.5 Å². The van der Waals surface area contributed by atoms with Gasteiger partial charge in [0, 0.05) is 12.0 Å². The first-order valence-corrected chi connectivity index (χ1v) is 7.54. The Balaban J connectivity index is 2.10. The molecule has 8 heteroatoms. The molecule has 1 saturated carbocycles. The number of imidazole rings is 1. The summed E-state index contributed by atoms with van der Waals surface area (Å²) >= 11 is 0. The van der Waals surface area contributed by atoms with Gasteiger partial charge in [-0.15, -0.1) is 0 Å². The zero-order chi connectivity index (χ0) is 16.8. The van der Waals surface area contributed by atoms with E-state index < -0.39 is 11.9 Å². The minimum Gasteiger partial charge on any atom is -0.296 e. The first kappa shape index (κ1) is 15.8. The maximum absolute atomic E-state index is 12.9. The molecule has 23 heavy (non-hydrogen) atoms. The quantitative estimate of drug-likeness (QED) is 0.934. The van der Waals surface area contributed by atoms with Crippen LogP contribution in [0.2, 0.25) is 0 Å². The number of pyridine rings is 1. The number of hydrogen-bond donors (Lipinski definition) is 1. The van der Waals surface area contributed by atoms with Crippen molar-refractivity contribution in [1.29, 1.82) is 0 Å². The lowest BCUT2D eigenvalue weighted by Crippen LogP contribution is -2.24. The van der Waals surface area contributed by atoms with Crippen molar-refractivity contribution in [2.45, 2.75) is 45.3 Å². The van der Waals surface area contributed by atoms with Crippen LogP contribution in [0, 0.1) is 5.92 Å². The molecule has 0 spiro atoms. The van der Waals surface area contributed by atoms with Gasteiger partial charge in [-0.05, 0) is 31.4 Å². The molecule has 0 radical (unpaired) electrons. The second-order valence-electron chi connectivity index (χ2n) is 6.07. The summed E-state index contributed by atoms with van der Waals surface area (Å²) in [5, 5.41) is 2.70. The van der Waals surface area contributed by atoms with Gasteiger partial charge in [0.2, 0.25) is 11.9 Å². The number of rotatable bonds is 3. The Morgan fingerprint density at radius 3 is 2.52 bits per heavy atom. The number of nitrogens with zero attached hydrogens (tertiary/aromatic N) is 3. The van der Waals surface area contributed by atoms with E-state index in [1.807, 2.05) is 0 Å². The summed E-state index contributed by atoms with van der Waals surface area (Å²) in [7, 11) is 0. The molecule has 124 valence electrons. The molecule has 1 fully saturated rings. The lowest BCUT2D eigenvalue weighted by Gasteiger charge is -2.28. The van der Waals surface area contributed by atoms with Gasteiger partial charge < -0.3 is 0 Å². The Morgan fingerprint density at radius 2 is 2.00 bits per heavy atom. The van der Waals surface area contributed by atoms with Crippen LogP contribution in [0.5, 0.6) is 0 Å². The topological polar surface area (TPSA) is 59.8 Å². The molecular formula is C15H17F3N4O. The van der Waals surface area contributed by atoms with E-state index in [2.05, 4.69) is 15.3 Å². The fraction of sp³-hybridized carbons (Fsp3) is 0.533. The number of alkyl halides is 3. The van der Waals surface area contributed by atoms with E-state index >= 15 is 0 Å². The van der Waals surface area contributed by atoms with Crippen molar-refractivity contribution < 1.29 is 18.0 Å². The van der Waals surface area contributed by atoms with Crippen LogP contribution in [0.4, 0.5) is 19.1 Å². The fourth-order valence-corrected chi connectivity index (χ4v) is 2.47. The van der Waals surface area contributed by atoms with Crippen molar-refractivity contribution in [3.8, 4) is 0 Å². The number of hydrogen-bond acceptors (Lipinski definition) is 3. The van der Waals surface area contributed by atoms with Crippen LogP contribution in [0.25, 0.3) is 11.2 Å². The molecule has 0 unspecified atom stereocenters. The predicted octanol–water partition coefficient (Wildman–Crippen LogP) is 3.77. The minimum atomic E-state index is -4.51. The molecule has 3 rings (SSSR count). The highest BCUT2D eigenvalue weighted by atomic mass is 19.4. The summed E-state index contributed by atoms with van der Waals surface area (Å²) in [6, 6.07) is 2.23. The summed E-state index contributed by atoms with van der Waals surface area (Å²) in [6.07, 6.45) is -1.83. The number of carbonyl (C=O) groups excluding carboxylic acids is 1. The number of fused-ring (bicyclic) bond motifs is 1. The van der Waals surface area contributed by atoms with Crippen LogP contribution >= 0.6 is 0 Å². The predicted molar refractivity (Wildman–Crippen MR) is 78.9 cm³/mol. The zero-order valence-corrected chi connectivity index (χ0v) is 12.8. The molecule has 0 aromatic carbocycles. The lowest BCUT2D eigenvalue weighted by atomic mass is 9.93. The molecule has 2 heterocycles. The average Bonchev–Trinajstić information content (AvgIpc) is 2.73. The van der Waals surface area contributed by atoms with Crippen LogP contribution < -0.4 is 5.32 Å². The number of aromatic nitrogens is 3. The molecule has 5 nitrogen and oxygen atoms in total. The average molecular weight is 326 g/mol. The normalized spacial score (nSPS) is 15.9. The molecule has 1 aliphatic rings. The summed E-state index contributed by atoms with van der Waals surface area (Å²) < 4.78 is 40.3. The third-order valence-electron chi connectivity index (χ3n) is 4.03. The second-order valence-corrected chi connectivity index (χ2v) is 6.07. The van der Waals surface area contributed by atoms with Crippen LogP contribution in [0.3, 0.4) is 0 Å². The number of carbonyl (C=O) groups is 1. The van der Waals surface area contributed by atoms with Gasteiger partial charge in [-0.2, -0.15) is 13.2 Å². The third kappa shape index (κ3) is 2.89. The highest BCUT2D eigenvalue weighted by molar-refractivity contribution is 5.92. The summed E-state index contributed by atoms with van der Waals surface area (Å²) in [5.41, 5.74) is -0.431. The standard InChI is InChI=1S/C15H17F3N4O/c1-8(2)13(23)21-14-19-10-6-7-11(15(16,17)18)20-12(10)22(14)9-4-3-5-9/h6-9H,3-5H2,1-2H3,(H,19,21,23). The van der Waals surface area contributed by atoms with E-state index in [9.17, 15) is 18.0 Å². The van der Waals surface area contributed by atoms with Crippen molar-refractivity contribution in [3.63, 3.8) is 0 Å². The molecule has 1 N–H and O–H groups in total. The molecule has 0 aliphatic heterocycles. The van der Waals surface area contributed by atoms with E-state index in [4.69, 9.17) is 0 Å². The highest BCUT2D eigenvalue weighted by Crippen LogP contribution is 2.37. The van der Waals surface area contributed by atoms with Crippen LogP contribution in [0.15, 0.2) is 12.1 Å². The van der Waals surface area contributed by atoms with Gasteiger partial charge in [-0.1, -0.05) is 13.8 Å². The van der Waals surface area contributed by atoms with Gasteiger partial charge in [0.25, 0.3) is 0 Å². The Labute approximate surface area is 130 Å². The molecular weight excluding hydrogens is 309 g/mol. The molecule has 0 bridgehead atoms. The molecule has 0 saturated heterocycles. The zero-order valence-electron chi connectivity index (χ0n) is 12.8. The fourth-order valence-electron chi connectivity index (χ4n) is 2.47. The Morgan fingerprint density at radius 1 is 1.30 bits per heavy atom. The summed E-state index contributed by atoms with van der Waals surface area (Å²) in [5.74, 6) is -0.199. The third-order valence-corrected chi connectivity index (χ3v) is 4.03. The van der Waals surface area contributed by atoms with Gasteiger partial charge >= 0.3 is 6.18 Å². The largest absolute Gasteiger partial charge is 0.433 e. The summed E-state index contributed by atoms with van der Waals surface area (Å²) in [6.45, 7) is 3.48. The second kappa shape index (κ2) is 5.50. The lowest BCUT2D eigenvalue weighted by molar-refractivity contribution is -0.141. The van der Waals surface area contributed by atoms with Gasteiger partial charge in [0.1, 0.15) is 11.2 Å². The first-order valence-electron chi connectivity index (χ1n) is 7.54. The van der Waals surface area contributed by atoms with Crippen molar-refractivity contribution in [3.05, 3.63) is 17.8 Å². The monoisotopic (exact) mass is 326 g/mol. The summed E-state index contributed by atoms with van der Waals surface area (Å²) in [4.78, 5) is 19.9. The van der Waals surface area contributed by atoms with Crippen molar-refractivity contribution in [2.24, 2.45) is 5.92 Å². The molecule has 0 atom stereocenters. The molecule has 2 aromatic heterocycles. The van der Waals surface area contributed by atoms with E-state index in [0.717, 1.165) is 25.3 Å². The minimum absolute atomic E-state index is 0.0263. The number of nitrogens with one attached hydrogen (secondary N) is 1. The molecule has 1 amide bonds. The maximum atomic E-state index is 12.9. The highest BCUT2D eigenvalue weighted by Gasteiger charge is 2.34.